The van der Waals surface area contributed by atoms with Crippen LogP contribution in [0.15, 0.2) is 243 Å². The SMILES string of the molecule is c1ccc(-c2cccc(-c3cc(-c4ccccc4)nc(-c4ccc(-c5ccc6c(c5)C(c5ccccc5)(c5ccccc5)c5ccc7ccccc7c5-6)c5ccccc45)n3)c2)cc1. The van der Waals surface area contributed by atoms with Crippen LogP contribution in [0.25, 0.3) is 88.8 Å². The number of rotatable bonds is 7. The first kappa shape index (κ1) is 36.6. The third kappa shape index (κ3) is 6.02. The highest BCUT2D eigenvalue weighted by molar-refractivity contribution is 6.07. The van der Waals surface area contributed by atoms with Gasteiger partial charge in [-0.3, -0.25) is 0 Å². The molecule has 0 atom stereocenters. The van der Waals surface area contributed by atoms with Gasteiger partial charge in [0.2, 0.25) is 0 Å². The zero-order valence-corrected chi connectivity index (χ0v) is 34.5. The molecule has 1 aliphatic carbocycles. The van der Waals surface area contributed by atoms with Crippen molar-refractivity contribution in [3.63, 3.8) is 0 Å². The molecule has 0 saturated carbocycles. The molecule has 0 N–H and O–H groups in total. The maximum atomic E-state index is 5.36. The summed E-state index contributed by atoms with van der Waals surface area (Å²) in [6.45, 7) is 0. The Bertz CT molecular complexity index is 3450. The van der Waals surface area contributed by atoms with Gasteiger partial charge in [-0.25, -0.2) is 9.97 Å². The average Bonchev–Trinajstić information content (AvgIpc) is 3.68. The summed E-state index contributed by atoms with van der Waals surface area (Å²) in [5.74, 6) is 0.697. The summed E-state index contributed by atoms with van der Waals surface area (Å²) in [5.41, 5.74) is 16.7. The highest BCUT2D eigenvalue weighted by Crippen LogP contribution is 2.58. The molecule has 0 saturated heterocycles. The first-order valence-corrected chi connectivity index (χ1v) is 21.6. The van der Waals surface area contributed by atoms with Crippen LogP contribution in [0.2, 0.25) is 0 Å². The number of hydrogen-bond acceptors (Lipinski definition) is 2. The lowest BCUT2D eigenvalue weighted by Crippen LogP contribution is -2.28. The quantitative estimate of drug-likeness (QED) is 0.160. The van der Waals surface area contributed by atoms with Crippen LogP contribution < -0.4 is 0 Å². The topological polar surface area (TPSA) is 25.8 Å². The summed E-state index contributed by atoms with van der Waals surface area (Å²) >= 11 is 0. The predicted octanol–water partition coefficient (Wildman–Crippen LogP) is 15.5. The van der Waals surface area contributed by atoms with Gasteiger partial charge in [0.05, 0.1) is 16.8 Å². The molecular formula is C61H40N2. The van der Waals surface area contributed by atoms with Gasteiger partial charge in [0.25, 0.3) is 0 Å². The van der Waals surface area contributed by atoms with E-state index in [-0.39, 0.29) is 0 Å². The largest absolute Gasteiger partial charge is 0.228 e. The maximum Gasteiger partial charge on any atom is 0.161 e. The average molecular weight is 801 g/mol. The summed E-state index contributed by atoms with van der Waals surface area (Å²) in [5, 5.41) is 4.78. The van der Waals surface area contributed by atoms with Gasteiger partial charge >= 0.3 is 0 Å². The minimum atomic E-state index is -0.525. The Balaban J connectivity index is 1.06. The summed E-state index contributed by atoms with van der Waals surface area (Å²) in [7, 11) is 0. The van der Waals surface area contributed by atoms with Gasteiger partial charge < -0.3 is 0 Å². The molecule has 294 valence electrons. The molecule has 0 fully saturated rings. The minimum Gasteiger partial charge on any atom is -0.228 e. The van der Waals surface area contributed by atoms with Gasteiger partial charge in [0.1, 0.15) is 0 Å². The molecule has 2 heteroatoms. The van der Waals surface area contributed by atoms with E-state index in [0.717, 1.165) is 44.4 Å². The Labute approximate surface area is 367 Å². The van der Waals surface area contributed by atoms with Crippen LogP contribution in [-0.2, 0) is 5.41 Å². The number of fused-ring (bicyclic) bond motifs is 6. The molecular weight excluding hydrogens is 761 g/mol. The lowest BCUT2D eigenvalue weighted by atomic mass is 9.67. The van der Waals surface area contributed by atoms with E-state index in [1.807, 2.05) is 6.07 Å². The van der Waals surface area contributed by atoms with Crippen LogP contribution in [-0.4, -0.2) is 9.97 Å². The molecule has 0 amide bonds. The summed E-state index contributed by atoms with van der Waals surface area (Å²) in [6, 6.07) is 87.8. The van der Waals surface area contributed by atoms with Crippen LogP contribution >= 0.6 is 0 Å². The van der Waals surface area contributed by atoms with Crippen molar-refractivity contribution in [2.45, 2.75) is 5.41 Å². The van der Waals surface area contributed by atoms with Gasteiger partial charge in [-0.15, -0.1) is 0 Å². The van der Waals surface area contributed by atoms with E-state index in [4.69, 9.17) is 9.97 Å². The zero-order chi connectivity index (χ0) is 41.7. The molecule has 2 nitrogen and oxygen atoms in total. The molecule has 0 spiro atoms. The lowest BCUT2D eigenvalue weighted by Gasteiger charge is -2.34. The Morgan fingerprint density at radius 1 is 0.286 bits per heavy atom. The van der Waals surface area contributed by atoms with Crippen LogP contribution in [0.3, 0.4) is 0 Å². The fourth-order valence-electron chi connectivity index (χ4n) is 10.1. The zero-order valence-electron chi connectivity index (χ0n) is 34.5. The fourth-order valence-corrected chi connectivity index (χ4v) is 10.1. The molecule has 0 unspecified atom stereocenters. The first-order chi connectivity index (χ1) is 31.2. The Morgan fingerprint density at radius 3 is 1.51 bits per heavy atom. The molecule has 0 radical (unpaired) electrons. The predicted molar refractivity (Wildman–Crippen MR) is 262 cm³/mol. The van der Waals surface area contributed by atoms with Crippen molar-refractivity contribution < 1.29 is 0 Å². The number of hydrogen-bond donors (Lipinski definition) is 0. The minimum absolute atomic E-state index is 0.525. The van der Waals surface area contributed by atoms with Crippen molar-refractivity contribution in [1.29, 1.82) is 0 Å². The highest BCUT2D eigenvalue weighted by Gasteiger charge is 2.46. The molecule has 1 heterocycles. The van der Waals surface area contributed by atoms with Crippen LogP contribution in [0.1, 0.15) is 22.3 Å². The van der Waals surface area contributed by atoms with Crippen LogP contribution in [0, 0.1) is 0 Å². The Kier molecular flexibility index (Phi) is 8.76. The van der Waals surface area contributed by atoms with E-state index in [1.165, 1.54) is 60.8 Å². The summed E-state index contributed by atoms with van der Waals surface area (Å²) in [6.07, 6.45) is 0. The van der Waals surface area contributed by atoms with Gasteiger partial charge in [-0.05, 0) is 101 Å². The molecule has 11 aromatic rings. The Morgan fingerprint density at radius 2 is 0.810 bits per heavy atom. The normalized spacial score (nSPS) is 12.6. The van der Waals surface area contributed by atoms with Crippen molar-refractivity contribution in [2.24, 2.45) is 0 Å². The number of benzene rings is 10. The van der Waals surface area contributed by atoms with Gasteiger partial charge in [0, 0.05) is 16.7 Å². The fraction of sp³-hybridized carbons (Fsp3) is 0.0164. The van der Waals surface area contributed by atoms with E-state index in [2.05, 4.69) is 237 Å². The molecule has 0 aliphatic heterocycles. The van der Waals surface area contributed by atoms with Crippen molar-refractivity contribution in [3.05, 3.63) is 265 Å². The third-order valence-electron chi connectivity index (χ3n) is 13.0. The second-order valence-corrected chi connectivity index (χ2v) is 16.4. The lowest BCUT2D eigenvalue weighted by molar-refractivity contribution is 0.769. The molecule has 1 aromatic heterocycles. The second-order valence-electron chi connectivity index (χ2n) is 16.4. The molecule has 10 aromatic carbocycles. The monoisotopic (exact) mass is 800 g/mol. The van der Waals surface area contributed by atoms with E-state index >= 15 is 0 Å². The standard InChI is InChI=1S/C61H40N2/c1-5-18-41(19-6-1)44-23-17-24-46(38-44)58-40-57(43-21-7-2-8-22-43)62-60(63-58)53-36-35-49(51-30-15-16-31-52(51)53)45-32-34-54-56(39-45)61(47-25-9-3-10-26-47,48-27-11-4-12-28-48)55-37-33-42-20-13-14-29-50(42)59(54)55/h1-40H. The molecule has 0 bridgehead atoms. The van der Waals surface area contributed by atoms with Gasteiger partial charge in [0.15, 0.2) is 5.82 Å². The summed E-state index contributed by atoms with van der Waals surface area (Å²) in [4.78, 5) is 10.7. The highest BCUT2D eigenvalue weighted by atomic mass is 14.9. The van der Waals surface area contributed by atoms with Crippen molar-refractivity contribution in [2.75, 3.05) is 0 Å². The smallest absolute Gasteiger partial charge is 0.161 e. The van der Waals surface area contributed by atoms with Gasteiger partial charge in [-0.2, -0.15) is 0 Å². The van der Waals surface area contributed by atoms with Crippen LogP contribution in [0.4, 0.5) is 0 Å². The Hall–Kier alpha value is -8.20. The van der Waals surface area contributed by atoms with Crippen molar-refractivity contribution in [3.8, 4) is 67.3 Å². The maximum absolute atomic E-state index is 5.36. The second kappa shape index (κ2) is 15.1. The number of nitrogens with zero attached hydrogens (tertiary/aromatic N) is 2. The van der Waals surface area contributed by atoms with E-state index in [1.54, 1.807) is 0 Å². The first-order valence-electron chi connectivity index (χ1n) is 21.6. The molecule has 12 rings (SSSR count). The van der Waals surface area contributed by atoms with Gasteiger partial charge in [-0.1, -0.05) is 218 Å². The van der Waals surface area contributed by atoms with E-state index < -0.39 is 5.41 Å². The molecule has 1 aliphatic rings. The molecule has 63 heavy (non-hydrogen) atoms. The van der Waals surface area contributed by atoms with Crippen LogP contribution in [0.5, 0.6) is 0 Å². The number of aromatic nitrogens is 2. The summed E-state index contributed by atoms with van der Waals surface area (Å²) < 4.78 is 0. The van der Waals surface area contributed by atoms with Crippen molar-refractivity contribution in [1.82, 2.24) is 9.97 Å². The van der Waals surface area contributed by atoms with E-state index in [9.17, 15) is 0 Å². The third-order valence-corrected chi connectivity index (χ3v) is 13.0. The van der Waals surface area contributed by atoms with E-state index in [0.29, 0.717) is 5.82 Å². The van der Waals surface area contributed by atoms with Crippen molar-refractivity contribution >= 4 is 21.5 Å².